The number of methoxy groups -OCH3 is 1. The van der Waals surface area contributed by atoms with Gasteiger partial charge in [0, 0.05) is 19.4 Å². The van der Waals surface area contributed by atoms with E-state index in [2.05, 4.69) is 20.8 Å². The van der Waals surface area contributed by atoms with Crippen LogP contribution in [0.3, 0.4) is 0 Å². The summed E-state index contributed by atoms with van der Waals surface area (Å²) in [5, 5.41) is 0. The van der Waals surface area contributed by atoms with Gasteiger partial charge in [-0.3, -0.25) is 4.79 Å². The third-order valence-corrected chi connectivity index (χ3v) is 3.35. The molecule has 2 heteroatoms. The van der Waals surface area contributed by atoms with E-state index in [0.29, 0.717) is 18.3 Å². The number of hydrogen-bond donors (Lipinski definition) is 0. The van der Waals surface area contributed by atoms with Gasteiger partial charge in [-0.1, -0.05) is 20.8 Å². The molecule has 82 valence electrons. The van der Waals surface area contributed by atoms with Crippen LogP contribution in [0.5, 0.6) is 0 Å². The second kappa shape index (κ2) is 4.43. The number of Topliss-reactive ketones (excluding diaryl/α,β-unsaturated/α-hetero) is 1. The van der Waals surface area contributed by atoms with Crippen molar-refractivity contribution in [1.29, 1.82) is 0 Å². The average molecular weight is 198 g/mol. The number of carbonyl (C=O) groups is 1. The van der Waals surface area contributed by atoms with Crippen LogP contribution in [-0.2, 0) is 9.53 Å². The molecule has 0 heterocycles. The summed E-state index contributed by atoms with van der Waals surface area (Å²) in [5.41, 5.74) is 0.00593. The molecule has 2 atom stereocenters. The molecular weight excluding hydrogens is 176 g/mol. The van der Waals surface area contributed by atoms with Crippen molar-refractivity contribution in [2.75, 3.05) is 13.7 Å². The lowest BCUT2D eigenvalue weighted by Gasteiger charge is -2.36. The van der Waals surface area contributed by atoms with Crippen molar-refractivity contribution >= 4 is 5.78 Å². The zero-order valence-corrected chi connectivity index (χ0v) is 9.80. The van der Waals surface area contributed by atoms with Gasteiger partial charge in [0.05, 0.1) is 6.61 Å². The highest BCUT2D eigenvalue weighted by Crippen LogP contribution is 2.37. The van der Waals surface area contributed by atoms with Crippen LogP contribution in [0.15, 0.2) is 0 Å². The monoisotopic (exact) mass is 198 g/mol. The molecule has 14 heavy (non-hydrogen) atoms. The van der Waals surface area contributed by atoms with Crippen LogP contribution >= 0.6 is 0 Å². The molecule has 0 aromatic rings. The molecule has 2 unspecified atom stereocenters. The Labute approximate surface area is 87.0 Å². The molecular formula is C12H22O2. The van der Waals surface area contributed by atoms with Gasteiger partial charge >= 0.3 is 0 Å². The molecule has 0 aliphatic heterocycles. The number of carbonyl (C=O) groups excluding carboxylic acids is 1. The summed E-state index contributed by atoms with van der Waals surface area (Å²) in [7, 11) is 1.71. The highest BCUT2D eigenvalue weighted by atomic mass is 16.5. The van der Waals surface area contributed by atoms with Gasteiger partial charge in [-0.15, -0.1) is 0 Å². The first kappa shape index (κ1) is 11.7. The molecule has 1 saturated carbocycles. The Morgan fingerprint density at radius 3 is 2.57 bits per heavy atom. The van der Waals surface area contributed by atoms with Crippen molar-refractivity contribution in [3.8, 4) is 0 Å². The number of rotatable bonds is 3. The standard InChI is InChI=1S/C12H22O2/c1-9-5-6-10(11(13)7-9)12(2,3)8-14-4/h9-10H,5-8H2,1-4H3. The molecule has 0 spiro atoms. The highest BCUT2D eigenvalue weighted by Gasteiger charge is 2.37. The fourth-order valence-corrected chi connectivity index (χ4v) is 2.50. The first-order valence-electron chi connectivity index (χ1n) is 5.49. The SMILES string of the molecule is COCC(C)(C)C1CCC(C)CC1=O. The molecule has 0 saturated heterocycles. The van der Waals surface area contributed by atoms with Gasteiger partial charge in [-0.25, -0.2) is 0 Å². The number of ether oxygens (including phenoxy) is 1. The molecule has 0 aromatic heterocycles. The van der Waals surface area contributed by atoms with Gasteiger partial charge in [-0.05, 0) is 24.2 Å². The summed E-state index contributed by atoms with van der Waals surface area (Å²) < 4.78 is 5.18. The Balaban J connectivity index is 2.63. The van der Waals surface area contributed by atoms with Crippen LogP contribution in [0.25, 0.3) is 0 Å². The van der Waals surface area contributed by atoms with Gasteiger partial charge in [0.2, 0.25) is 0 Å². The quantitative estimate of drug-likeness (QED) is 0.697. The fourth-order valence-electron chi connectivity index (χ4n) is 2.50. The van der Waals surface area contributed by atoms with Crippen molar-refractivity contribution in [2.45, 2.75) is 40.0 Å². The number of ketones is 1. The first-order valence-corrected chi connectivity index (χ1v) is 5.49. The van der Waals surface area contributed by atoms with Crippen molar-refractivity contribution in [3.05, 3.63) is 0 Å². The summed E-state index contributed by atoms with van der Waals surface area (Å²) in [6.45, 7) is 7.11. The molecule has 0 amide bonds. The minimum atomic E-state index is 0.00593. The second-order valence-electron chi connectivity index (χ2n) is 5.33. The van der Waals surface area contributed by atoms with E-state index in [1.54, 1.807) is 7.11 Å². The molecule has 1 fully saturated rings. The van der Waals surface area contributed by atoms with Gasteiger partial charge in [0.25, 0.3) is 0 Å². The van der Waals surface area contributed by atoms with Crippen molar-refractivity contribution in [2.24, 2.45) is 17.3 Å². The first-order chi connectivity index (χ1) is 6.47. The molecule has 0 bridgehead atoms. The number of hydrogen-bond acceptors (Lipinski definition) is 2. The van der Waals surface area contributed by atoms with E-state index in [9.17, 15) is 4.79 Å². The molecule has 1 aliphatic rings. The smallest absolute Gasteiger partial charge is 0.136 e. The topological polar surface area (TPSA) is 26.3 Å². The van der Waals surface area contributed by atoms with Crippen LogP contribution in [0, 0.1) is 17.3 Å². The summed E-state index contributed by atoms with van der Waals surface area (Å²) in [6.07, 6.45) is 2.98. The summed E-state index contributed by atoms with van der Waals surface area (Å²) in [5.74, 6) is 1.22. The van der Waals surface area contributed by atoms with E-state index in [1.165, 1.54) is 6.42 Å². The van der Waals surface area contributed by atoms with Crippen LogP contribution in [0.1, 0.15) is 40.0 Å². The molecule has 1 rings (SSSR count). The molecule has 0 N–H and O–H groups in total. The minimum absolute atomic E-state index is 0.00593. The summed E-state index contributed by atoms with van der Waals surface area (Å²) in [4.78, 5) is 11.9. The lowest BCUT2D eigenvalue weighted by molar-refractivity contribution is -0.131. The van der Waals surface area contributed by atoms with Gasteiger partial charge < -0.3 is 4.74 Å². The lowest BCUT2D eigenvalue weighted by atomic mass is 9.69. The van der Waals surface area contributed by atoms with E-state index in [1.807, 2.05) is 0 Å². The zero-order chi connectivity index (χ0) is 10.8. The molecule has 2 nitrogen and oxygen atoms in total. The second-order valence-corrected chi connectivity index (χ2v) is 5.33. The van der Waals surface area contributed by atoms with Crippen LogP contribution < -0.4 is 0 Å². The predicted molar refractivity (Wildman–Crippen MR) is 57.2 cm³/mol. The maximum Gasteiger partial charge on any atom is 0.136 e. The van der Waals surface area contributed by atoms with Crippen molar-refractivity contribution in [3.63, 3.8) is 0 Å². The summed E-state index contributed by atoms with van der Waals surface area (Å²) in [6, 6.07) is 0. The van der Waals surface area contributed by atoms with Crippen LogP contribution in [-0.4, -0.2) is 19.5 Å². The largest absolute Gasteiger partial charge is 0.384 e. The van der Waals surface area contributed by atoms with Crippen molar-refractivity contribution in [1.82, 2.24) is 0 Å². The van der Waals surface area contributed by atoms with E-state index >= 15 is 0 Å². The van der Waals surface area contributed by atoms with Gasteiger partial charge in [0.15, 0.2) is 0 Å². The van der Waals surface area contributed by atoms with Crippen molar-refractivity contribution < 1.29 is 9.53 Å². The van der Waals surface area contributed by atoms with Gasteiger partial charge in [0.1, 0.15) is 5.78 Å². The Bertz CT molecular complexity index is 208. The van der Waals surface area contributed by atoms with Crippen LogP contribution in [0.4, 0.5) is 0 Å². The lowest BCUT2D eigenvalue weighted by Crippen LogP contribution is -2.38. The Kier molecular flexibility index (Phi) is 3.71. The normalized spacial score (nSPS) is 29.3. The average Bonchev–Trinajstić information content (AvgIpc) is 2.02. The van der Waals surface area contributed by atoms with E-state index < -0.39 is 0 Å². The van der Waals surface area contributed by atoms with Crippen LogP contribution in [0.2, 0.25) is 0 Å². The highest BCUT2D eigenvalue weighted by molar-refractivity contribution is 5.82. The maximum atomic E-state index is 11.9. The fraction of sp³-hybridized carbons (Fsp3) is 0.917. The van der Waals surface area contributed by atoms with E-state index in [-0.39, 0.29) is 11.3 Å². The third kappa shape index (κ3) is 2.57. The molecule has 0 aromatic carbocycles. The van der Waals surface area contributed by atoms with Gasteiger partial charge in [-0.2, -0.15) is 0 Å². The minimum Gasteiger partial charge on any atom is -0.384 e. The molecule has 1 aliphatic carbocycles. The Hall–Kier alpha value is -0.370. The maximum absolute atomic E-state index is 11.9. The van der Waals surface area contributed by atoms with E-state index in [0.717, 1.165) is 12.8 Å². The third-order valence-electron chi connectivity index (χ3n) is 3.35. The Morgan fingerprint density at radius 2 is 2.07 bits per heavy atom. The molecule has 0 radical (unpaired) electrons. The van der Waals surface area contributed by atoms with E-state index in [4.69, 9.17) is 4.74 Å². The Morgan fingerprint density at radius 1 is 1.43 bits per heavy atom. The zero-order valence-electron chi connectivity index (χ0n) is 9.80. The predicted octanol–water partition coefficient (Wildman–Crippen LogP) is 2.66. The summed E-state index contributed by atoms with van der Waals surface area (Å²) >= 11 is 0.